The zero-order valence-corrected chi connectivity index (χ0v) is 11.0. The van der Waals surface area contributed by atoms with Crippen molar-refractivity contribution >= 4 is 10.8 Å². The molecule has 0 spiro atoms. The van der Waals surface area contributed by atoms with E-state index >= 15 is 0 Å². The molecule has 1 aromatic heterocycles. The Labute approximate surface area is 112 Å². The summed E-state index contributed by atoms with van der Waals surface area (Å²) < 4.78 is 0. The smallest absolute Gasteiger partial charge is 0.0701 e. The van der Waals surface area contributed by atoms with E-state index in [1.165, 1.54) is 21.9 Å². The van der Waals surface area contributed by atoms with Crippen LogP contribution in [0.15, 0.2) is 48.7 Å². The highest BCUT2D eigenvalue weighted by Crippen LogP contribution is 2.29. The van der Waals surface area contributed by atoms with Crippen LogP contribution < -0.4 is 5.32 Å². The first-order chi connectivity index (χ1) is 9.40. The van der Waals surface area contributed by atoms with Crippen molar-refractivity contribution in [2.75, 3.05) is 6.54 Å². The summed E-state index contributed by atoms with van der Waals surface area (Å²) in [4.78, 5) is 0. The fourth-order valence-corrected chi connectivity index (χ4v) is 2.38. The van der Waals surface area contributed by atoms with Crippen molar-refractivity contribution in [1.29, 1.82) is 0 Å². The normalized spacial score (nSPS) is 11.0. The van der Waals surface area contributed by atoms with E-state index in [1.54, 1.807) is 0 Å². The summed E-state index contributed by atoms with van der Waals surface area (Å²) in [6.07, 6.45) is 1.90. The van der Waals surface area contributed by atoms with Gasteiger partial charge in [0, 0.05) is 17.7 Å². The van der Waals surface area contributed by atoms with Crippen molar-refractivity contribution < 1.29 is 0 Å². The number of benzene rings is 2. The minimum absolute atomic E-state index is 0.839. The molecule has 0 amide bonds. The first-order valence-electron chi connectivity index (χ1n) is 6.61. The third-order valence-corrected chi connectivity index (χ3v) is 3.34. The van der Waals surface area contributed by atoms with Crippen molar-refractivity contribution in [3.63, 3.8) is 0 Å². The summed E-state index contributed by atoms with van der Waals surface area (Å²) in [6.45, 7) is 3.91. The largest absolute Gasteiger partial charge is 0.313 e. The first-order valence-corrected chi connectivity index (χ1v) is 6.61. The lowest BCUT2D eigenvalue weighted by Crippen LogP contribution is -2.11. The predicted octanol–water partition coefficient (Wildman–Crippen LogP) is 3.34. The van der Waals surface area contributed by atoms with Crippen molar-refractivity contribution in [1.82, 2.24) is 15.5 Å². The summed E-state index contributed by atoms with van der Waals surface area (Å²) in [5.74, 6) is 0. The van der Waals surface area contributed by atoms with Gasteiger partial charge in [0.1, 0.15) is 0 Å². The molecule has 0 saturated heterocycles. The number of H-pyrrole nitrogens is 1. The number of fused-ring (bicyclic) bond motifs is 1. The second kappa shape index (κ2) is 5.24. The molecule has 1 heterocycles. The Morgan fingerprint density at radius 1 is 1.11 bits per heavy atom. The Bertz CT molecular complexity index is 680. The van der Waals surface area contributed by atoms with E-state index in [-0.39, 0.29) is 0 Å². The molecular formula is C16H17N3. The molecule has 3 heteroatoms. The van der Waals surface area contributed by atoms with E-state index in [4.69, 9.17) is 0 Å². The molecule has 0 radical (unpaired) electrons. The van der Waals surface area contributed by atoms with Gasteiger partial charge >= 0.3 is 0 Å². The van der Waals surface area contributed by atoms with Crippen LogP contribution in [0.25, 0.3) is 22.0 Å². The molecule has 0 aliphatic heterocycles. The number of hydrogen-bond donors (Lipinski definition) is 2. The fourth-order valence-electron chi connectivity index (χ4n) is 2.38. The molecule has 2 N–H and O–H groups in total. The molecule has 0 unspecified atom stereocenters. The van der Waals surface area contributed by atoms with E-state index in [2.05, 4.69) is 64.9 Å². The van der Waals surface area contributed by atoms with E-state index in [9.17, 15) is 0 Å². The van der Waals surface area contributed by atoms with Crippen LogP contribution in [0.1, 0.15) is 12.5 Å². The molecular weight excluding hydrogens is 234 g/mol. The van der Waals surface area contributed by atoms with Crippen LogP contribution >= 0.6 is 0 Å². The first kappa shape index (κ1) is 11.9. The molecule has 3 aromatic rings. The molecule has 0 aliphatic rings. The van der Waals surface area contributed by atoms with Gasteiger partial charge < -0.3 is 5.32 Å². The number of aromatic nitrogens is 2. The van der Waals surface area contributed by atoms with Crippen LogP contribution in [0.5, 0.6) is 0 Å². The van der Waals surface area contributed by atoms with Crippen LogP contribution in [-0.2, 0) is 6.54 Å². The monoisotopic (exact) mass is 251 g/mol. The molecule has 0 aliphatic carbocycles. The lowest BCUT2D eigenvalue weighted by atomic mass is 10.00. The van der Waals surface area contributed by atoms with Gasteiger partial charge in [-0.3, -0.25) is 5.10 Å². The predicted molar refractivity (Wildman–Crippen MR) is 78.9 cm³/mol. The molecule has 3 nitrogen and oxygen atoms in total. The highest BCUT2D eigenvalue weighted by molar-refractivity contribution is 5.96. The van der Waals surface area contributed by atoms with Crippen molar-refractivity contribution in [3.8, 4) is 11.3 Å². The number of nitrogens with one attached hydrogen (secondary N) is 2. The standard InChI is InChI=1S/C16H17N3/c1-2-17-10-13-11-18-19-16(13)15-9-5-7-12-6-3-4-8-14(12)15/h3-9,11,17H,2,10H2,1H3,(H,18,19). The van der Waals surface area contributed by atoms with E-state index in [1.807, 2.05) is 6.20 Å². The zero-order valence-electron chi connectivity index (χ0n) is 11.0. The van der Waals surface area contributed by atoms with Crippen molar-refractivity contribution in [2.24, 2.45) is 0 Å². The molecule has 0 bridgehead atoms. The van der Waals surface area contributed by atoms with Gasteiger partial charge in [-0.15, -0.1) is 0 Å². The highest BCUT2D eigenvalue weighted by atomic mass is 15.1. The summed E-state index contributed by atoms with van der Waals surface area (Å²) in [5, 5.41) is 13.2. The topological polar surface area (TPSA) is 40.7 Å². The second-order valence-electron chi connectivity index (χ2n) is 4.58. The van der Waals surface area contributed by atoms with Gasteiger partial charge in [-0.05, 0) is 17.3 Å². The zero-order chi connectivity index (χ0) is 13.1. The maximum atomic E-state index is 4.19. The van der Waals surface area contributed by atoms with Gasteiger partial charge in [0.25, 0.3) is 0 Å². The fraction of sp³-hybridized carbons (Fsp3) is 0.188. The maximum absolute atomic E-state index is 4.19. The number of nitrogens with zero attached hydrogens (tertiary/aromatic N) is 1. The van der Waals surface area contributed by atoms with Gasteiger partial charge in [0.15, 0.2) is 0 Å². The Morgan fingerprint density at radius 2 is 1.95 bits per heavy atom. The van der Waals surface area contributed by atoms with E-state index in [0.717, 1.165) is 18.8 Å². The summed E-state index contributed by atoms with van der Waals surface area (Å²) >= 11 is 0. The molecule has 0 fully saturated rings. The Kier molecular flexibility index (Phi) is 3.29. The maximum Gasteiger partial charge on any atom is 0.0701 e. The number of hydrogen-bond acceptors (Lipinski definition) is 2. The van der Waals surface area contributed by atoms with Gasteiger partial charge in [0.2, 0.25) is 0 Å². The van der Waals surface area contributed by atoms with E-state index in [0.29, 0.717) is 0 Å². The van der Waals surface area contributed by atoms with E-state index < -0.39 is 0 Å². The van der Waals surface area contributed by atoms with Gasteiger partial charge in [0.05, 0.1) is 11.9 Å². The lowest BCUT2D eigenvalue weighted by molar-refractivity contribution is 0.728. The Morgan fingerprint density at radius 3 is 2.84 bits per heavy atom. The molecule has 0 saturated carbocycles. The van der Waals surface area contributed by atoms with Gasteiger partial charge in [-0.2, -0.15) is 5.10 Å². The number of aromatic amines is 1. The second-order valence-corrected chi connectivity index (χ2v) is 4.58. The SMILES string of the molecule is CCNCc1cn[nH]c1-c1cccc2ccccc12. The third kappa shape index (κ3) is 2.25. The molecule has 96 valence electrons. The third-order valence-electron chi connectivity index (χ3n) is 3.34. The van der Waals surface area contributed by atoms with Crippen LogP contribution in [0.4, 0.5) is 0 Å². The molecule has 2 aromatic carbocycles. The van der Waals surface area contributed by atoms with Crippen LogP contribution in [0.2, 0.25) is 0 Å². The molecule has 19 heavy (non-hydrogen) atoms. The van der Waals surface area contributed by atoms with Gasteiger partial charge in [-0.1, -0.05) is 49.4 Å². The van der Waals surface area contributed by atoms with Gasteiger partial charge in [-0.25, -0.2) is 0 Å². The molecule has 0 atom stereocenters. The van der Waals surface area contributed by atoms with Crippen LogP contribution in [0.3, 0.4) is 0 Å². The number of rotatable bonds is 4. The quantitative estimate of drug-likeness (QED) is 0.746. The Balaban J connectivity index is 2.12. The minimum Gasteiger partial charge on any atom is -0.313 e. The highest BCUT2D eigenvalue weighted by Gasteiger charge is 2.09. The van der Waals surface area contributed by atoms with Crippen molar-refractivity contribution in [2.45, 2.75) is 13.5 Å². The summed E-state index contributed by atoms with van der Waals surface area (Å²) in [5.41, 5.74) is 3.53. The molecule has 3 rings (SSSR count). The van der Waals surface area contributed by atoms with Crippen LogP contribution in [-0.4, -0.2) is 16.7 Å². The van der Waals surface area contributed by atoms with Crippen molar-refractivity contribution in [3.05, 3.63) is 54.2 Å². The lowest BCUT2D eigenvalue weighted by Gasteiger charge is -2.07. The summed E-state index contributed by atoms with van der Waals surface area (Å²) in [7, 11) is 0. The van der Waals surface area contributed by atoms with Crippen LogP contribution in [0, 0.1) is 0 Å². The summed E-state index contributed by atoms with van der Waals surface area (Å²) in [6, 6.07) is 14.8. The average molecular weight is 251 g/mol. The Hall–Kier alpha value is -2.13. The minimum atomic E-state index is 0.839. The average Bonchev–Trinajstić information content (AvgIpc) is 2.92.